The SMILES string of the molecule is NCC#Cc1cc(Cl)ccc1NC(N)=O. The molecule has 0 atom stereocenters. The smallest absolute Gasteiger partial charge is 0.316 e. The van der Waals surface area contributed by atoms with Crippen LogP contribution in [-0.4, -0.2) is 12.6 Å². The molecule has 1 aromatic rings. The van der Waals surface area contributed by atoms with E-state index in [0.29, 0.717) is 16.3 Å². The molecule has 2 amide bonds. The first-order valence-corrected chi connectivity index (χ1v) is 4.56. The number of amides is 2. The monoisotopic (exact) mass is 223 g/mol. The van der Waals surface area contributed by atoms with E-state index in [9.17, 15) is 4.79 Å². The van der Waals surface area contributed by atoms with E-state index in [-0.39, 0.29) is 6.54 Å². The maximum absolute atomic E-state index is 10.7. The first kappa shape index (κ1) is 11.4. The van der Waals surface area contributed by atoms with Crippen LogP contribution >= 0.6 is 11.6 Å². The van der Waals surface area contributed by atoms with Crippen LogP contribution in [0, 0.1) is 11.8 Å². The molecule has 0 aliphatic carbocycles. The summed E-state index contributed by atoms with van der Waals surface area (Å²) in [6.07, 6.45) is 0. The van der Waals surface area contributed by atoms with E-state index >= 15 is 0 Å². The highest BCUT2D eigenvalue weighted by atomic mass is 35.5. The molecule has 0 saturated carbocycles. The van der Waals surface area contributed by atoms with Gasteiger partial charge in [-0.25, -0.2) is 4.79 Å². The first-order valence-electron chi connectivity index (χ1n) is 4.18. The van der Waals surface area contributed by atoms with Crippen molar-refractivity contribution in [3.8, 4) is 11.8 Å². The van der Waals surface area contributed by atoms with E-state index in [1.54, 1.807) is 18.2 Å². The van der Waals surface area contributed by atoms with Gasteiger partial charge in [0, 0.05) is 10.6 Å². The van der Waals surface area contributed by atoms with E-state index in [2.05, 4.69) is 17.2 Å². The highest BCUT2D eigenvalue weighted by Crippen LogP contribution is 2.19. The number of anilines is 1. The van der Waals surface area contributed by atoms with E-state index in [1.165, 1.54) is 0 Å². The van der Waals surface area contributed by atoms with Crippen molar-refractivity contribution in [1.29, 1.82) is 0 Å². The van der Waals surface area contributed by atoms with Gasteiger partial charge in [0.1, 0.15) is 0 Å². The van der Waals surface area contributed by atoms with Crippen molar-refractivity contribution < 1.29 is 4.79 Å². The Morgan fingerprint density at radius 3 is 2.87 bits per heavy atom. The van der Waals surface area contributed by atoms with Crippen molar-refractivity contribution in [2.24, 2.45) is 11.5 Å². The van der Waals surface area contributed by atoms with Crippen LogP contribution in [0.15, 0.2) is 18.2 Å². The minimum atomic E-state index is -0.645. The van der Waals surface area contributed by atoms with Crippen LogP contribution in [0.4, 0.5) is 10.5 Å². The average Bonchev–Trinajstić information content (AvgIpc) is 2.18. The Morgan fingerprint density at radius 2 is 2.27 bits per heavy atom. The predicted octanol–water partition coefficient (Wildman–Crippen LogP) is 1.14. The molecule has 1 rings (SSSR count). The van der Waals surface area contributed by atoms with Gasteiger partial charge in [0.05, 0.1) is 12.2 Å². The first-order chi connectivity index (χ1) is 7.13. The molecular formula is C10H10ClN3O. The maximum atomic E-state index is 10.7. The van der Waals surface area contributed by atoms with E-state index in [0.717, 1.165) is 0 Å². The summed E-state index contributed by atoms with van der Waals surface area (Å²) in [5.74, 6) is 5.46. The number of urea groups is 1. The van der Waals surface area contributed by atoms with Crippen LogP contribution in [0.3, 0.4) is 0 Å². The number of rotatable bonds is 1. The molecule has 0 unspecified atom stereocenters. The number of primary amides is 1. The Bertz CT molecular complexity index is 434. The van der Waals surface area contributed by atoms with Gasteiger partial charge in [0.15, 0.2) is 0 Å². The van der Waals surface area contributed by atoms with Crippen molar-refractivity contribution in [2.45, 2.75) is 0 Å². The number of hydrogen-bond acceptors (Lipinski definition) is 2. The number of nitrogens with two attached hydrogens (primary N) is 2. The Kier molecular flexibility index (Phi) is 3.98. The zero-order valence-corrected chi connectivity index (χ0v) is 8.64. The molecule has 0 aliphatic heterocycles. The number of carbonyl (C=O) groups is 1. The highest BCUT2D eigenvalue weighted by molar-refractivity contribution is 6.30. The third-order valence-electron chi connectivity index (χ3n) is 1.56. The third-order valence-corrected chi connectivity index (χ3v) is 1.80. The fourth-order valence-electron chi connectivity index (χ4n) is 1.01. The minimum Gasteiger partial charge on any atom is -0.351 e. The van der Waals surface area contributed by atoms with E-state index in [1.807, 2.05) is 0 Å². The molecular weight excluding hydrogens is 214 g/mol. The average molecular weight is 224 g/mol. The number of hydrogen-bond donors (Lipinski definition) is 3. The van der Waals surface area contributed by atoms with Crippen molar-refractivity contribution >= 4 is 23.3 Å². The molecule has 1 aromatic carbocycles. The summed E-state index contributed by atoms with van der Waals surface area (Å²) >= 11 is 5.79. The van der Waals surface area contributed by atoms with Gasteiger partial charge in [-0.3, -0.25) is 0 Å². The van der Waals surface area contributed by atoms with Crippen LogP contribution in [0.1, 0.15) is 5.56 Å². The summed E-state index contributed by atoms with van der Waals surface area (Å²) in [5, 5.41) is 2.98. The quantitative estimate of drug-likeness (QED) is 0.624. The van der Waals surface area contributed by atoms with Crippen LogP contribution in [-0.2, 0) is 0 Å². The molecule has 15 heavy (non-hydrogen) atoms. The lowest BCUT2D eigenvalue weighted by Crippen LogP contribution is -2.19. The molecule has 5 N–H and O–H groups in total. The lowest BCUT2D eigenvalue weighted by atomic mass is 10.2. The van der Waals surface area contributed by atoms with Crippen molar-refractivity contribution in [3.05, 3.63) is 28.8 Å². The van der Waals surface area contributed by atoms with Gasteiger partial charge < -0.3 is 16.8 Å². The normalized spacial score (nSPS) is 8.93. The van der Waals surface area contributed by atoms with E-state index < -0.39 is 6.03 Å². The maximum Gasteiger partial charge on any atom is 0.316 e. The number of benzene rings is 1. The fraction of sp³-hybridized carbons (Fsp3) is 0.100. The lowest BCUT2D eigenvalue weighted by Gasteiger charge is -2.04. The number of carbonyl (C=O) groups excluding carboxylic acids is 1. The molecule has 0 aliphatic rings. The van der Waals surface area contributed by atoms with E-state index in [4.69, 9.17) is 23.1 Å². The van der Waals surface area contributed by atoms with Crippen LogP contribution in [0.2, 0.25) is 5.02 Å². The van der Waals surface area contributed by atoms with Crippen molar-refractivity contribution in [2.75, 3.05) is 11.9 Å². The molecule has 78 valence electrons. The molecule has 0 saturated heterocycles. The zero-order chi connectivity index (χ0) is 11.3. The van der Waals surface area contributed by atoms with Gasteiger partial charge in [0.25, 0.3) is 0 Å². The Hall–Kier alpha value is -1.70. The van der Waals surface area contributed by atoms with Gasteiger partial charge in [-0.1, -0.05) is 23.4 Å². The summed E-state index contributed by atoms with van der Waals surface area (Å²) in [4.78, 5) is 10.7. The molecule has 0 bridgehead atoms. The van der Waals surface area contributed by atoms with Gasteiger partial charge in [-0.15, -0.1) is 0 Å². The molecule has 0 aromatic heterocycles. The lowest BCUT2D eigenvalue weighted by molar-refractivity contribution is 0.259. The summed E-state index contributed by atoms with van der Waals surface area (Å²) in [7, 11) is 0. The zero-order valence-electron chi connectivity index (χ0n) is 7.88. The summed E-state index contributed by atoms with van der Waals surface area (Å²) in [6, 6.07) is 4.26. The van der Waals surface area contributed by atoms with Gasteiger partial charge in [-0.2, -0.15) is 0 Å². The minimum absolute atomic E-state index is 0.239. The summed E-state index contributed by atoms with van der Waals surface area (Å²) < 4.78 is 0. The third kappa shape index (κ3) is 3.50. The van der Waals surface area contributed by atoms with Gasteiger partial charge in [-0.05, 0) is 18.2 Å². The molecule has 0 fully saturated rings. The number of nitrogens with one attached hydrogen (secondary N) is 1. The van der Waals surface area contributed by atoms with Crippen LogP contribution in [0.25, 0.3) is 0 Å². The highest BCUT2D eigenvalue weighted by Gasteiger charge is 2.02. The fourth-order valence-corrected chi connectivity index (χ4v) is 1.18. The number of halogens is 1. The Balaban J connectivity index is 3.08. The Labute approximate surface area is 92.6 Å². The van der Waals surface area contributed by atoms with Crippen LogP contribution in [0.5, 0.6) is 0 Å². The second-order valence-electron chi connectivity index (χ2n) is 2.69. The molecule has 0 spiro atoms. The Morgan fingerprint density at radius 1 is 1.53 bits per heavy atom. The predicted molar refractivity (Wildman–Crippen MR) is 60.6 cm³/mol. The second-order valence-corrected chi connectivity index (χ2v) is 3.12. The largest absolute Gasteiger partial charge is 0.351 e. The summed E-state index contributed by atoms with van der Waals surface area (Å²) in [6.45, 7) is 0.239. The molecule has 0 radical (unpaired) electrons. The summed E-state index contributed by atoms with van der Waals surface area (Å²) in [5.41, 5.74) is 11.4. The molecule has 4 nitrogen and oxygen atoms in total. The van der Waals surface area contributed by atoms with Crippen molar-refractivity contribution in [3.63, 3.8) is 0 Å². The second kappa shape index (κ2) is 5.25. The molecule has 5 heteroatoms. The van der Waals surface area contributed by atoms with Gasteiger partial charge in [0.2, 0.25) is 0 Å². The standard InChI is InChI=1S/C10H10ClN3O/c11-8-3-4-9(14-10(13)15)7(6-8)2-1-5-12/h3-4,6H,5,12H2,(H3,13,14,15). The van der Waals surface area contributed by atoms with Crippen LogP contribution < -0.4 is 16.8 Å². The van der Waals surface area contributed by atoms with Crippen molar-refractivity contribution in [1.82, 2.24) is 0 Å². The van der Waals surface area contributed by atoms with Gasteiger partial charge >= 0.3 is 6.03 Å². The molecule has 0 heterocycles. The topological polar surface area (TPSA) is 81.1 Å².